The number of aryl methyl sites for hydroxylation is 2. The smallest absolute Gasteiger partial charge is 0.408 e. The van der Waals surface area contributed by atoms with Gasteiger partial charge < -0.3 is 19.7 Å². The van der Waals surface area contributed by atoms with E-state index in [9.17, 15) is 19.2 Å². The molecule has 1 amide bonds. The Bertz CT molecular complexity index is 713. The van der Waals surface area contributed by atoms with Crippen molar-refractivity contribution in [3.63, 3.8) is 0 Å². The third-order valence-electron chi connectivity index (χ3n) is 3.07. The van der Waals surface area contributed by atoms with Crippen molar-refractivity contribution in [1.29, 1.82) is 0 Å². The second kappa shape index (κ2) is 7.80. The molecule has 0 fully saturated rings. The highest BCUT2D eigenvalue weighted by Gasteiger charge is 2.23. The van der Waals surface area contributed by atoms with Gasteiger partial charge in [-0.3, -0.25) is 9.78 Å². The van der Waals surface area contributed by atoms with E-state index in [2.05, 4.69) is 10.3 Å². The standard InChI is InChI=1S/C15H23N3O6/c1-9-8-18(13(22)17-11(9)19)7-5-6-10(12(20)21)16-14(23)24-15(2,3)4/h8,10H,5-7H2,1-4H3,(H,16,23)(H,20,21)(H,17,19,22)/t10-/m1/s1. The average Bonchev–Trinajstić information content (AvgIpc) is 2.41. The molecule has 1 atom stereocenters. The number of ether oxygens (including phenoxy) is 1. The second-order valence-corrected chi connectivity index (χ2v) is 6.44. The van der Waals surface area contributed by atoms with Gasteiger partial charge in [-0.1, -0.05) is 0 Å². The summed E-state index contributed by atoms with van der Waals surface area (Å²) in [7, 11) is 0. The Balaban J connectivity index is 2.63. The summed E-state index contributed by atoms with van der Waals surface area (Å²) in [5, 5.41) is 11.5. The lowest BCUT2D eigenvalue weighted by molar-refractivity contribution is -0.139. The molecule has 24 heavy (non-hydrogen) atoms. The number of hydrogen-bond acceptors (Lipinski definition) is 5. The number of amides is 1. The van der Waals surface area contributed by atoms with Crippen LogP contribution in [-0.4, -0.2) is 38.4 Å². The van der Waals surface area contributed by atoms with E-state index in [1.54, 1.807) is 27.7 Å². The number of H-pyrrole nitrogens is 1. The zero-order valence-electron chi connectivity index (χ0n) is 14.2. The van der Waals surface area contributed by atoms with Gasteiger partial charge in [-0.2, -0.15) is 0 Å². The molecule has 3 N–H and O–H groups in total. The van der Waals surface area contributed by atoms with Crippen molar-refractivity contribution in [1.82, 2.24) is 14.9 Å². The molecule has 1 aromatic heterocycles. The van der Waals surface area contributed by atoms with E-state index in [4.69, 9.17) is 9.84 Å². The molecule has 0 aliphatic rings. The number of aromatic amines is 1. The van der Waals surface area contributed by atoms with E-state index in [-0.39, 0.29) is 13.0 Å². The maximum atomic E-state index is 11.7. The van der Waals surface area contributed by atoms with Gasteiger partial charge in [-0.05, 0) is 40.5 Å². The van der Waals surface area contributed by atoms with Crippen molar-refractivity contribution in [2.45, 2.75) is 58.7 Å². The van der Waals surface area contributed by atoms with E-state index in [1.165, 1.54) is 10.8 Å². The predicted molar refractivity (Wildman–Crippen MR) is 86.1 cm³/mol. The first-order valence-corrected chi connectivity index (χ1v) is 7.52. The van der Waals surface area contributed by atoms with Gasteiger partial charge in [-0.25, -0.2) is 14.4 Å². The van der Waals surface area contributed by atoms with Crippen LogP contribution in [0.4, 0.5) is 4.79 Å². The summed E-state index contributed by atoms with van der Waals surface area (Å²) in [5.74, 6) is -1.19. The van der Waals surface area contributed by atoms with Crippen LogP contribution < -0.4 is 16.6 Å². The topological polar surface area (TPSA) is 130 Å². The molecule has 0 radical (unpaired) electrons. The first-order chi connectivity index (χ1) is 11.0. The summed E-state index contributed by atoms with van der Waals surface area (Å²) in [5.41, 5.74) is -1.35. The van der Waals surface area contributed by atoms with Crippen molar-refractivity contribution in [3.8, 4) is 0 Å². The molecule has 0 aromatic carbocycles. The number of carbonyl (C=O) groups excluding carboxylic acids is 1. The van der Waals surface area contributed by atoms with Crippen LogP contribution in [0.25, 0.3) is 0 Å². The van der Waals surface area contributed by atoms with E-state index in [1.807, 2.05) is 0 Å². The highest BCUT2D eigenvalue weighted by molar-refractivity contribution is 5.79. The molecular weight excluding hydrogens is 318 g/mol. The van der Waals surface area contributed by atoms with E-state index in [0.29, 0.717) is 12.0 Å². The number of hydrogen-bond donors (Lipinski definition) is 3. The van der Waals surface area contributed by atoms with Crippen molar-refractivity contribution in [2.75, 3.05) is 0 Å². The number of carboxylic acid groups (broad SMARTS) is 1. The highest BCUT2D eigenvalue weighted by atomic mass is 16.6. The largest absolute Gasteiger partial charge is 0.480 e. The van der Waals surface area contributed by atoms with Crippen LogP contribution in [0.2, 0.25) is 0 Å². The number of aliphatic carboxylic acids is 1. The molecule has 0 saturated heterocycles. The molecule has 0 aliphatic heterocycles. The number of carbonyl (C=O) groups is 2. The fraction of sp³-hybridized carbons (Fsp3) is 0.600. The van der Waals surface area contributed by atoms with Crippen LogP contribution in [0, 0.1) is 6.92 Å². The number of nitrogens with zero attached hydrogens (tertiary/aromatic N) is 1. The molecule has 1 aromatic rings. The molecule has 9 heteroatoms. The maximum absolute atomic E-state index is 11.7. The minimum Gasteiger partial charge on any atom is -0.480 e. The number of carboxylic acids is 1. The first kappa shape index (κ1) is 19.5. The number of aromatic nitrogens is 2. The monoisotopic (exact) mass is 341 g/mol. The third-order valence-corrected chi connectivity index (χ3v) is 3.07. The average molecular weight is 341 g/mol. The van der Waals surface area contributed by atoms with Crippen molar-refractivity contribution < 1.29 is 19.4 Å². The minimum absolute atomic E-state index is 0.110. The number of nitrogens with one attached hydrogen (secondary N) is 2. The summed E-state index contributed by atoms with van der Waals surface area (Å²) in [6.07, 6.45) is 1.03. The summed E-state index contributed by atoms with van der Waals surface area (Å²) in [6.45, 7) is 6.81. The SMILES string of the molecule is Cc1cn(CCC[C@@H](NC(=O)OC(C)(C)C)C(=O)O)c(=O)[nH]c1=O. The van der Waals surface area contributed by atoms with Crippen LogP contribution in [0.3, 0.4) is 0 Å². The molecule has 1 rings (SSSR count). The molecule has 1 heterocycles. The van der Waals surface area contributed by atoms with Gasteiger partial charge in [0.1, 0.15) is 11.6 Å². The number of alkyl carbamates (subject to hydrolysis) is 1. The van der Waals surface area contributed by atoms with Crippen LogP contribution in [0.5, 0.6) is 0 Å². The van der Waals surface area contributed by atoms with Gasteiger partial charge in [0.15, 0.2) is 0 Å². The zero-order valence-corrected chi connectivity index (χ0v) is 14.2. The van der Waals surface area contributed by atoms with Crippen molar-refractivity contribution in [3.05, 3.63) is 32.6 Å². The Labute approximate surface area is 138 Å². The van der Waals surface area contributed by atoms with Gasteiger partial charge in [0, 0.05) is 18.3 Å². The summed E-state index contributed by atoms with van der Waals surface area (Å²) >= 11 is 0. The van der Waals surface area contributed by atoms with Gasteiger partial charge in [0.2, 0.25) is 0 Å². The summed E-state index contributed by atoms with van der Waals surface area (Å²) < 4.78 is 6.32. The highest BCUT2D eigenvalue weighted by Crippen LogP contribution is 2.08. The molecule has 9 nitrogen and oxygen atoms in total. The van der Waals surface area contributed by atoms with E-state index in [0.717, 1.165) is 0 Å². The van der Waals surface area contributed by atoms with Crippen LogP contribution in [0.15, 0.2) is 15.8 Å². The fourth-order valence-corrected chi connectivity index (χ4v) is 1.96. The molecule has 0 bridgehead atoms. The lowest BCUT2D eigenvalue weighted by Crippen LogP contribution is -2.43. The second-order valence-electron chi connectivity index (χ2n) is 6.44. The zero-order chi connectivity index (χ0) is 18.5. The summed E-state index contributed by atoms with van der Waals surface area (Å²) in [6, 6.07) is -1.13. The maximum Gasteiger partial charge on any atom is 0.408 e. The predicted octanol–water partition coefficient (Wildman–Crippen LogP) is 0.603. The van der Waals surface area contributed by atoms with Crippen LogP contribution in [-0.2, 0) is 16.1 Å². The third kappa shape index (κ3) is 6.27. The van der Waals surface area contributed by atoms with Crippen molar-refractivity contribution in [2.24, 2.45) is 0 Å². The lowest BCUT2D eigenvalue weighted by atomic mass is 10.1. The quantitative estimate of drug-likeness (QED) is 0.694. The van der Waals surface area contributed by atoms with Crippen LogP contribution >= 0.6 is 0 Å². The molecule has 0 unspecified atom stereocenters. The van der Waals surface area contributed by atoms with Gasteiger partial charge in [0.25, 0.3) is 5.56 Å². The van der Waals surface area contributed by atoms with Gasteiger partial charge in [0.05, 0.1) is 0 Å². The molecule has 0 aliphatic carbocycles. The fourth-order valence-electron chi connectivity index (χ4n) is 1.96. The first-order valence-electron chi connectivity index (χ1n) is 7.52. The Kier molecular flexibility index (Phi) is 6.33. The molecule has 0 spiro atoms. The Morgan fingerprint density at radius 2 is 2.00 bits per heavy atom. The summed E-state index contributed by atoms with van der Waals surface area (Å²) in [4.78, 5) is 48.0. The Morgan fingerprint density at radius 1 is 1.38 bits per heavy atom. The van der Waals surface area contributed by atoms with E-state index >= 15 is 0 Å². The Morgan fingerprint density at radius 3 is 2.54 bits per heavy atom. The van der Waals surface area contributed by atoms with Crippen LogP contribution in [0.1, 0.15) is 39.2 Å². The van der Waals surface area contributed by atoms with Crippen molar-refractivity contribution >= 4 is 12.1 Å². The molecule has 134 valence electrons. The normalized spacial score (nSPS) is 12.5. The molecule has 0 saturated carbocycles. The van der Waals surface area contributed by atoms with Gasteiger partial charge >= 0.3 is 17.8 Å². The minimum atomic E-state index is -1.19. The van der Waals surface area contributed by atoms with E-state index < -0.39 is 35.0 Å². The molecular formula is C15H23N3O6. The van der Waals surface area contributed by atoms with Gasteiger partial charge in [-0.15, -0.1) is 0 Å². The number of rotatable bonds is 6. The lowest BCUT2D eigenvalue weighted by Gasteiger charge is -2.22. The Hall–Kier alpha value is -2.58.